The molecule has 0 radical (unpaired) electrons. The highest BCUT2D eigenvalue weighted by molar-refractivity contribution is 6.34. The molecule has 8 heteroatoms. The molecular formula is C30H31Cl2N3O3. The summed E-state index contributed by atoms with van der Waals surface area (Å²) in [6.45, 7) is 7.45. The number of nitrogens with one attached hydrogen (secondary N) is 1. The fraction of sp³-hybridized carbons (Fsp3) is 0.300. The van der Waals surface area contributed by atoms with Crippen LogP contribution in [-0.2, 0) is 0 Å². The number of fused-ring (bicyclic) bond motifs is 2. The van der Waals surface area contributed by atoms with Crippen LogP contribution in [0.2, 0.25) is 5.02 Å². The fourth-order valence-corrected chi connectivity index (χ4v) is 5.34. The van der Waals surface area contributed by atoms with Crippen LogP contribution >= 0.6 is 24.0 Å². The van der Waals surface area contributed by atoms with E-state index in [0.717, 1.165) is 61.8 Å². The van der Waals surface area contributed by atoms with Gasteiger partial charge in [0, 0.05) is 60.5 Å². The van der Waals surface area contributed by atoms with E-state index in [-0.39, 0.29) is 29.9 Å². The van der Waals surface area contributed by atoms with Crippen molar-refractivity contribution >= 4 is 47.2 Å². The molecule has 198 valence electrons. The number of unbranched alkanes of at least 4 members (excludes halogenated alkanes) is 1. The Bertz CT molecular complexity index is 1370. The molecule has 1 N–H and O–H groups in total. The quantitative estimate of drug-likeness (QED) is 0.320. The Morgan fingerprint density at radius 2 is 1.50 bits per heavy atom. The third-order valence-corrected chi connectivity index (χ3v) is 7.75. The maximum Gasteiger partial charge on any atom is 0.251 e. The van der Waals surface area contributed by atoms with Gasteiger partial charge < -0.3 is 10.2 Å². The molecule has 5 rings (SSSR count). The molecule has 0 spiro atoms. The highest BCUT2D eigenvalue weighted by Crippen LogP contribution is 2.30. The third-order valence-electron chi connectivity index (χ3n) is 7.26. The number of ketones is 2. The molecule has 3 aromatic carbocycles. The number of halogens is 2. The van der Waals surface area contributed by atoms with Gasteiger partial charge in [0.2, 0.25) is 0 Å². The summed E-state index contributed by atoms with van der Waals surface area (Å²) in [7, 11) is 0. The number of amides is 1. The number of anilines is 1. The summed E-state index contributed by atoms with van der Waals surface area (Å²) in [5.41, 5.74) is 4.06. The Labute approximate surface area is 234 Å². The Hall–Kier alpha value is -3.19. The standard InChI is InChI=1S/C30H30ClN3O3.ClH/c1-20-7-6-10-26(27(20)31)34-17-15-33(16-18-34)14-5-4-13-32-30(37)21-11-12-24-25(19-21)29(36)23-9-3-2-8-22(23)28(24)35;/h2-3,6-12,19H,4-5,13-18H2,1H3,(H,32,37);1H. The van der Waals surface area contributed by atoms with Crippen LogP contribution in [0, 0.1) is 6.92 Å². The van der Waals surface area contributed by atoms with Crippen molar-refractivity contribution in [3.63, 3.8) is 0 Å². The Morgan fingerprint density at radius 3 is 2.21 bits per heavy atom. The van der Waals surface area contributed by atoms with Crippen LogP contribution in [0.3, 0.4) is 0 Å². The minimum atomic E-state index is -0.231. The molecule has 1 aliphatic carbocycles. The highest BCUT2D eigenvalue weighted by atomic mass is 35.5. The molecule has 2 aliphatic rings. The lowest BCUT2D eigenvalue weighted by atomic mass is 9.83. The first-order chi connectivity index (χ1) is 17.9. The van der Waals surface area contributed by atoms with Gasteiger partial charge in [-0.15, -0.1) is 12.4 Å². The van der Waals surface area contributed by atoms with Gasteiger partial charge >= 0.3 is 0 Å². The van der Waals surface area contributed by atoms with Gasteiger partial charge in [0.05, 0.1) is 10.7 Å². The van der Waals surface area contributed by atoms with Crippen molar-refractivity contribution in [1.82, 2.24) is 10.2 Å². The van der Waals surface area contributed by atoms with E-state index < -0.39 is 0 Å². The molecule has 1 heterocycles. The average molecular weight is 553 g/mol. The van der Waals surface area contributed by atoms with E-state index in [0.29, 0.717) is 34.4 Å². The van der Waals surface area contributed by atoms with Crippen molar-refractivity contribution in [2.45, 2.75) is 19.8 Å². The van der Waals surface area contributed by atoms with E-state index in [2.05, 4.69) is 27.2 Å². The average Bonchev–Trinajstić information content (AvgIpc) is 2.93. The van der Waals surface area contributed by atoms with Gasteiger partial charge in [0.15, 0.2) is 11.6 Å². The first kappa shape index (κ1) is 27.8. The lowest BCUT2D eigenvalue weighted by Gasteiger charge is -2.36. The molecule has 0 saturated carbocycles. The predicted molar refractivity (Wildman–Crippen MR) is 153 cm³/mol. The number of hydrogen-bond acceptors (Lipinski definition) is 5. The lowest BCUT2D eigenvalue weighted by Crippen LogP contribution is -2.46. The van der Waals surface area contributed by atoms with E-state index >= 15 is 0 Å². The largest absolute Gasteiger partial charge is 0.368 e. The summed E-state index contributed by atoms with van der Waals surface area (Å²) in [5, 5.41) is 3.79. The Morgan fingerprint density at radius 1 is 0.842 bits per heavy atom. The first-order valence-corrected chi connectivity index (χ1v) is 13.1. The first-order valence-electron chi connectivity index (χ1n) is 12.8. The van der Waals surface area contributed by atoms with Crippen LogP contribution in [0.4, 0.5) is 5.69 Å². The summed E-state index contributed by atoms with van der Waals surface area (Å²) in [6, 6.07) is 17.7. The molecule has 6 nitrogen and oxygen atoms in total. The van der Waals surface area contributed by atoms with Crippen molar-refractivity contribution in [2.24, 2.45) is 0 Å². The molecule has 38 heavy (non-hydrogen) atoms. The second-order valence-electron chi connectivity index (χ2n) is 9.66. The van der Waals surface area contributed by atoms with Crippen LogP contribution < -0.4 is 10.2 Å². The normalized spacial score (nSPS) is 14.9. The van der Waals surface area contributed by atoms with Crippen molar-refractivity contribution in [3.05, 3.63) is 99.1 Å². The molecule has 3 aromatic rings. The number of rotatable bonds is 7. The number of carbonyl (C=O) groups is 3. The molecular weight excluding hydrogens is 521 g/mol. The lowest BCUT2D eigenvalue weighted by molar-refractivity contribution is 0.0950. The van der Waals surface area contributed by atoms with E-state index in [1.807, 2.05) is 13.0 Å². The van der Waals surface area contributed by atoms with Crippen LogP contribution in [0.1, 0.15) is 60.6 Å². The second kappa shape index (κ2) is 12.1. The number of nitrogens with zero attached hydrogens (tertiary/aromatic N) is 2. The predicted octanol–water partition coefficient (Wildman–Crippen LogP) is 5.18. The zero-order valence-corrected chi connectivity index (χ0v) is 22.9. The maximum atomic E-state index is 12.9. The van der Waals surface area contributed by atoms with Crippen molar-refractivity contribution in [2.75, 3.05) is 44.2 Å². The molecule has 1 amide bonds. The molecule has 1 aliphatic heterocycles. The molecule has 1 saturated heterocycles. The van der Waals surface area contributed by atoms with Gasteiger partial charge in [-0.1, -0.05) is 48.0 Å². The maximum absolute atomic E-state index is 12.9. The SMILES string of the molecule is Cc1cccc(N2CCN(CCCCNC(=O)c3ccc4c(c3)C(=O)c3ccccc3C4=O)CC2)c1Cl.Cl. The number of aryl methyl sites for hydroxylation is 1. The number of hydrogen-bond donors (Lipinski definition) is 1. The summed E-state index contributed by atoms with van der Waals surface area (Å²) >= 11 is 6.50. The van der Waals surface area contributed by atoms with Gasteiger partial charge in [0.1, 0.15) is 0 Å². The summed E-state index contributed by atoms with van der Waals surface area (Å²) in [4.78, 5) is 43.2. The van der Waals surface area contributed by atoms with Gasteiger partial charge in [-0.25, -0.2) is 0 Å². The summed E-state index contributed by atoms with van der Waals surface area (Å²) in [5.74, 6) is -0.629. The fourth-order valence-electron chi connectivity index (χ4n) is 5.09. The Kier molecular flexibility index (Phi) is 8.87. The second-order valence-corrected chi connectivity index (χ2v) is 10.0. The monoisotopic (exact) mass is 551 g/mol. The molecule has 0 unspecified atom stereocenters. The third kappa shape index (κ3) is 5.63. The molecule has 0 aromatic heterocycles. The van der Waals surface area contributed by atoms with E-state index in [9.17, 15) is 14.4 Å². The van der Waals surface area contributed by atoms with Crippen LogP contribution in [0.5, 0.6) is 0 Å². The van der Waals surface area contributed by atoms with Gasteiger partial charge in [-0.2, -0.15) is 0 Å². The molecule has 0 atom stereocenters. The minimum absolute atomic E-state index is 0. The van der Waals surface area contributed by atoms with Crippen molar-refractivity contribution in [1.29, 1.82) is 0 Å². The van der Waals surface area contributed by atoms with Crippen LogP contribution in [-0.4, -0.2) is 61.6 Å². The van der Waals surface area contributed by atoms with Gasteiger partial charge in [-0.3, -0.25) is 19.3 Å². The number of piperazine rings is 1. The Balaban J connectivity index is 0.00000336. The van der Waals surface area contributed by atoms with Crippen LogP contribution in [0.15, 0.2) is 60.7 Å². The van der Waals surface area contributed by atoms with Gasteiger partial charge in [0.25, 0.3) is 5.91 Å². The zero-order chi connectivity index (χ0) is 25.9. The van der Waals surface area contributed by atoms with Crippen LogP contribution in [0.25, 0.3) is 0 Å². The minimum Gasteiger partial charge on any atom is -0.368 e. The van der Waals surface area contributed by atoms with E-state index in [1.54, 1.807) is 42.5 Å². The van der Waals surface area contributed by atoms with Crippen molar-refractivity contribution < 1.29 is 14.4 Å². The number of benzene rings is 3. The smallest absolute Gasteiger partial charge is 0.251 e. The van der Waals surface area contributed by atoms with Crippen molar-refractivity contribution in [3.8, 4) is 0 Å². The molecule has 0 bridgehead atoms. The van der Waals surface area contributed by atoms with Gasteiger partial charge in [-0.05, 0) is 56.1 Å². The zero-order valence-electron chi connectivity index (χ0n) is 21.3. The highest BCUT2D eigenvalue weighted by Gasteiger charge is 2.30. The topological polar surface area (TPSA) is 69.7 Å². The number of carbonyl (C=O) groups excluding carboxylic acids is 3. The van der Waals surface area contributed by atoms with E-state index in [1.165, 1.54) is 0 Å². The molecule has 1 fully saturated rings. The summed E-state index contributed by atoms with van der Waals surface area (Å²) in [6.07, 6.45) is 1.85. The van der Waals surface area contributed by atoms with E-state index in [4.69, 9.17) is 11.6 Å². The summed E-state index contributed by atoms with van der Waals surface area (Å²) < 4.78 is 0.